The van der Waals surface area contributed by atoms with E-state index in [1.165, 1.54) is 5.56 Å². The number of rotatable bonds is 7. The first-order valence-corrected chi connectivity index (χ1v) is 7.16. The molecule has 0 aliphatic rings. The van der Waals surface area contributed by atoms with Gasteiger partial charge < -0.3 is 15.7 Å². The third kappa shape index (κ3) is 5.31. The summed E-state index contributed by atoms with van der Waals surface area (Å²) in [6.45, 7) is 6.51. The summed E-state index contributed by atoms with van der Waals surface area (Å²) in [5.41, 5.74) is 2.15. The molecule has 112 valence electrons. The molecule has 0 radical (unpaired) electrons. The average molecular weight is 278 g/mol. The average Bonchev–Trinajstić information content (AvgIpc) is 2.43. The van der Waals surface area contributed by atoms with Gasteiger partial charge >= 0.3 is 0 Å². The first kappa shape index (κ1) is 16.7. The summed E-state index contributed by atoms with van der Waals surface area (Å²) in [4.78, 5) is 11.4. The Hall–Kier alpha value is -1.39. The van der Waals surface area contributed by atoms with Gasteiger partial charge in [-0.2, -0.15) is 0 Å². The van der Waals surface area contributed by atoms with Crippen LogP contribution in [0.5, 0.6) is 0 Å². The van der Waals surface area contributed by atoms with E-state index in [0.29, 0.717) is 12.5 Å². The molecule has 2 atom stereocenters. The Kier molecular flexibility index (Phi) is 6.68. The molecule has 0 bridgehead atoms. The Morgan fingerprint density at radius 3 is 2.30 bits per heavy atom. The van der Waals surface area contributed by atoms with Crippen molar-refractivity contribution in [2.24, 2.45) is 5.92 Å². The van der Waals surface area contributed by atoms with Crippen LogP contribution in [0.1, 0.15) is 38.0 Å². The van der Waals surface area contributed by atoms with Crippen molar-refractivity contribution < 1.29 is 9.90 Å². The molecule has 1 aromatic carbocycles. The van der Waals surface area contributed by atoms with Crippen LogP contribution in [-0.4, -0.2) is 30.6 Å². The highest BCUT2D eigenvalue weighted by molar-refractivity contribution is 5.80. The molecule has 4 nitrogen and oxygen atoms in total. The van der Waals surface area contributed by atoms with Crippen LogP contribution in [0.4, 0.5) is 0 Å². The van der Waals surface area contributed by atoms with E-state index in [4.69, 9.17) is 0 Å². The van der Waals surface area contributed by atoms with E-state index in [1.54, 1.807) is 14.0 Å². The quantitative estimate of drug-likeness (QED) is 0.710. The summed E-state index contributed by atoms with van der Waals surface area (Å²) in [7, 11) is 1.60. The fraction of sp³-hybridized carbons (Fsp3) is 0.562. The van der Waals surface area contributed by atoms with Crippen molar-refractivity contribution in [3.63, 3.8) is 0 Å². The molecule has 4 heteroatoms. The minimum absolute atomic E-state index is 0.0792. The van der Waals surface area contributed by atoms with Gasteiger partial charge in [-0.1, -0.05) is 38.1 Å². The van der Waals surface area contributed by atoms with Crippen molar-refractivity contribution in [3.05, 3.63) is 35.4 Å². The molecule has 0 aliphatic heterocycles. The fourth-order valence-corrected chi connectivity index (χ4v) is 2.06. The van der Waals surface area contributed by atoms with Crippen LogP contribution >= 0.6 is 0 Å². The molecule has 2 unspecified atom stereocenters. The standard InChI is InChI=1S/C16H26N2O2/c1-11(2)9-13-5-7-14(8-6-13)15(19)10-18-12(3)16(20)17-4/h5-8,11-12,15,18-19H,9-10H2,1-4H3,(H,17,20). The van der Waals surface area contributed by atoms with Gasteiger partial charge in [-0.25, -0.2) is 0 Å². The van der Waals surface area contributed by atoms with E-state index in [2.05, 4.69) is 36.6 Å². The van der Waals surface area contributed by atoms with Gasteiger partial charge in [-0.3, -0.25) is 4.79 Å². The van der Waals surface area contributed by atoms with Crippen LogP contribution < -0.4 is 10.6 Å². The van der Waals surface area contributed by atoms with Crippen LogP contribution in [0.15, 0.2) is 24.3 Å². The second kappa shape index (κ2) is 8.02. The Morgan fingerprint density at radius 2 is 1.80 bits per heavy atom. The minimum Gasteiger partial charge on any atom is -0.387 e. The molecule has 1 rings (SSSR count). The van der Waals surface area contributed by atoms with Gasteiger partial charge in [0.1, 0.15) is 0 Å². The molecule has 1 amide bonds. The lowest BCUT2D eigenvalue weighted by atomic mass is 10.00. The summed E-state index contributed by atoms with van der Waals surface area (Å²) >= 11 is 0. The summed E-state index contributed by atoms with van der Waals surface area (Å²) < 4.78 is 0. The number of aliphatic hydroxyl groups is 1. The van der Waals surface area contributed by atoms with Crippen molar-refractivity contribution in [2.75, 3.05) is 13.6 Å². The number of aliphatic hydroxyl groups excluding tert-OH is 1. The lowest BCUT2D eigenvalue weighted by Crippen LogP contribution is -2.42. The van der Waals surface area contributed by atoms with Gasteiger partial charge in [0.05, 0.1) is 12.1 Å². The number of hydrogen-bond donors (Lipinski definition) is 3. The number of carbonyl (C=O) groups is 1. The SMILES string of the molecule is CNC(=O)C(C)NCC(O)c1ccc(CC(C)C)cc1. The number of amides is 1. The van der Waals surface area contributed by atoms with Gasteiger partial charge in [0.25, 0.3) is 0 Å². The van der Waals surface area contributed by atoms with Gasteiger partial charge in [0.2, 0.25) is 5.91 Å². The highest BCUT2D eigenvalue weighted by atomic mass is 16.3. The topological polar surface area (TPSA) is 61.4 Å². The highest BCUT2D eigenvalue weighted by Crippen LogP contribution is 2.15. The Morgan fingerprint density at radius 1 is 1.20 bits per heavy atom. The fourth-order valence-electron chi connectivity index (χ4n) is 2.06. The molecule has 0 fully saturated rings. The van der Waals surface area contributed by atoms with E-state index in [-0.39, 0.29) is 11.9 Å². The number of benzene rings is 1. The van der Waals surface area contributed by atoms with Gasteiger partial charge in [0.15, 0.2) is 0 Å². The van der Waals surface area contributed by atoms with E-state index in [1.807, 2.05) is 12.1 Å². The maximum atomic E-state index is 11.4. The van der Waals surface area contributed by atoms with Crippen LogP contribution in [0.3, 0.4) is 0 Å². The lowest BCUT2D eigenvalue weighted by Gasteiger charge is -2.16. The summed E-state index contributed by atoms with van der Waals surface area (Å²) in [5.74, 6) is 0.547. The zero-order valence-corrected chi connectivity index (χ0v) is 12.8. The zero-order valence-electron chi connectivity index (χ0n) is 12.8. The van der Waals surface area contributed by atoms with Gasteiger partial charge in [-0.15, -0.1) is 0 Å². The predicted octanol–water partition coefficient (Wildman–Crippen LogP) is 1.64. The third-order valence-corrected chi connectivity index (χ3v) is 3.27. The minimum atomic E-state index is -0.602. The zero-order chi connectivity index (χ0) is 15.1. The molecule has 0 saturated heterocycles. The molecule has 3 N–H and O–H groups in total. The molecule has 20 heavy (non-hydrogen) atoms. The molecular formula is C16H26N2O2. The third-order valence-electron chi connectivity index (χ3n) is 3.27. The van der Waals surface area contributed by atoms with Gasteiger partial charge in [-0.05, 0) is 30.4 Å². The van der Waals surface area contributed by atoms with Crippen molar-refractivity contribution in [3.8, 4) is 0 Å². The first-order chi connectivity index (χ1) is 9.43. The predicted molar refractivity (Wildman–Crippen MR) is 81.5 cm³/mol. The van der Waals surface area contributed by atoms with Crippen LogP contribution in [0.2, 0.25) is 0 Å². The van der Waals surface area contributed by atoms with Crippen molar-refractivity contribution in [1.29, 1.82) is 0 Å². The number of likely N-dealkylation sites (N-methyl/N-ethyl adjacent to an activating group) is 1. The number of hydrogen-bond acceptors (Lipinski definition) is 3. The summed E-state index contributed by atoms with van der Waals surface area (Å²) in [5, 5.41) is 15.7. The lowest BCUT2D eigenvalue weighted by molar-refractivity contribution is -0.122. The van der Waals surface area contributed by atoms with E-state index < -0.39 is 6.10 Å². The Balaban J connectivity index is 2.51. The molecule has 0 aliphatic carbocycles. The molecule has 0 heterocycles. The van der Waals surface area contributed by atoms with Gasteiger partial charge in [0, 0.05) is 13.6 Å². The van der Waals surface area contributed by atoms with Crippen LogP contribution in [0.25, 0.3) is 0 Å². The molecular weight excluding hydrogens is 252 g/mol. The van der Waals surface area contributed by atoms with Crippen molar-refractivity contribution >= 4 is 5.91 Å². The highest BCUT2D eigenvalue weighted by Gasteiger charge is 2.13. The Bertz CT molecular complexity index is 415. The first-order valence-electron chi connectivity index (χ1n) is 7.16. The van der Waals surface area contributed by atoms with Crippen LogP contribution in [0, 0.1) is 5.92 Å². The second-order valence-corrected chi connectivity index (χ2v) is 5.60. The monoisotopic (exact) mass is 278 g/mol. The Labute approximate surface area is 121 Å². The summed E-state index contributed by atoms with van der Waals surface area (Å²) in [6.07, 6.45) is 0.442. The number of nitrogens with one attached hydrogen (secondary N) is 2. The second-order valence-electron chi connectivity index (χ2n) is 5.60. The maximum absolute atomic E-state index is 11.4. The largest absolute Gasteiger partial charge is 0.387 e. The van der Waals surface area contributed by atoms with E-state index >= 15 is 0 Å². The smallest absolute Gasteiger partial charge is 0.236 e. The molecule has 0 aromatic heterocycles. The van der Waals surface area contributed by atoms with Crippen LogP contribution in [-0.2, 0) is 11.2 Å². The van der Waals surface area contributed by atoms with E-state index in [0.717, 1.165) is 12.0 Å². The molecule has 0 saturated carbocycles. The normalized spacial score (nSPS) is 14.1. The number of carbonyl (C=O) groups excluding carboxylic acids is 1. The summed E-state index contributed by atoms with van der Waals surface area (Å²) in [6, 6.07) is 7.71. The van der Waals surface area contributed by atoms with Crippen molar-refractivity contribution in [1.82, 2.24) is 10.6 Å². The van der Waals surface area contributed by atoms with Crippen molar-refractivity contribution in [2.45, 2.75) is 39.3 Å². The molecule has 0 spiro atoms. The molecule has 1 aromatic rings. The maximum Gasteiger partial charge on any atom is 0.236 e. The van der Waals surface area contributed by atoms with E-state index in [9.17, 15) is 9.90 Å².